The number of likely N-dealkylation sites (tertiary alicyclic amines) is 1. The Morgan fingerprint density at radius 3 is 2.64 bits per heavy atom. The van der Waals surface area contributed by atoms with Crippen molar-refractivity contribution < 1.29 is 0 Å². The van der Waals surface area contributed by atoms with Crippen LogP contribution in [0.5, 0.6) is 0 Å². The Morgan fingerprint density at radius 2 is 1.88 bits per heavy atom. The van der Waals surface area contributed by atoms with E-state index in [1.54, 1.807) is 5.57 Å². The van der Waals surface area contributed by atoms with Gasteiger partial charge in [0.15, 0.2) is 0 Å². The number of nitrogens with one attached hydrogen (secondary N) is 1. The standard InChI is InChI=1S/C20H21Br2ClN2/c1-25-8-6-12(7-9-25)18-15-4-5-17(23)19(22)16(15)3-2-13-10-14(21)11-24-20(13)18/h4-5,10-11,20,24H,2-3,6-9H2,1H3. The van der Waals surface area contributed by atoms with E-state index in [0.29, 0.717) is 0 Å². The number of hydrogen-bond acceptors (Lipinski definition) is 2. The number of halogens is 3. The first kappa shape index (κ1) is 17.8. The average Bonchev–Trinajstić information content (AvgIpc) is 2.76. The second kappa shape index (κ2) is 7.22. The summed E-state index contributed by atoms with van der Waals surface area (Å²) in [6.07, 6.45) is 8.71. The first-order chi connectivity index (χ1) is 12.0. The van der Waals surface area contributed by atoms with Crippen LogP contribution in [-0.4, -0.2) is 31.1 Å². The quantitative estimate of drug-likeness (QED) is 0.511. The monoisotopic (exact) mass is 482 g/mol. The normalized spacial score (nSPS) is 23.9. The van der Waals surface area contributed by atoms with E-state index in [0.717, 1.165) is 52.8 Å². The van der Waals surface area contributed by atoms with Crippen LogP contribution in [0.2, 0.25) is 5.02 Å². The molecule has 3 aliphatic rings. The van der Waals surface area contributed by atoms with E-state index in [-0.39, 0.29) is 6.04 Å². The molecule has 0 aromatic heterocycles. The molecule has 1 aromatic rings. The topological polar surface area (TPSA) is 15.3 Å². The molecule has 4 rings (SSSR count). The molecule has 1 aliphatic carbocycles. The third-order valence-electron chi connectivity index (χ3n) is 5.49. The summed E-state index contributed by atoms with van der Waals surface area (Å²) in [6.45, 7) is 2.27. The van der Waals surface area contributed by atoms with Crippen molar-refractivity contribution in [2.75, 3.05) is 20.1 Å². The van der Waals surface area contributed by atoms with Gasteiger partial charge in [-0.2, -0.15) is 0 Å². The van der Waals surface area contributed by atoms with E-state index >= 15 is 0 Å². The first-order valence-electron chi connectivity index (χ1n) is 8.74. The van der Waals surface area contributed by atoms with Crippen molar-refractivity contribution in [3.63, 3.8) is 0 Å². The zero-order chi connectivity index (χ0) is 17.6. The number of allylic oxidation sites excluding steroid dienone is 2. The summed E-state index contributed by atoms with van der Waals surface area (Å²) in [5, 5.41) is 4.45. The van der Waals surface area contributed by atoms with Gasteiger partial charge in [0.1, 0.15) is 0 Å². The lowest BCUT2D eigenvalue weighted by atomic mass is 9.85. The van der Waals surface area contributed by atoms with Crippen molar-refractivity contribution >= 4 is 49.0 Å². The maximum absolute atomic E-state index is 6.41. The van der Waals surface area contributed by atoms with Crippen LogP contribution in [0.25, 0.3) is 5.57 Å². The third kappa shape index (κ3) is 3.39. The van der Waals surface area contributed by atoms with Crippen molar-refractivity contribution in [3.05, 3.63) is 60.7 Å². The Bertz CT molecular complexity index is 800. The lowest BCUT2D eigenvalue weighted by Gasteiger charge is -2.32. The predicted octanol–water partition coefficient (Wildman–Crippen LogP) is 5.66. The molecule has 0 saturated carbocycles. The molecule has 132 valence electrons. The Morgan fingerprint density at radius 1 is 1.12 bits per heavy atom. The van der Waals surface area contributed by atoms with E-state index in [2.05, 4.69) is 67.5 Å². The molecule has 1 N–H and O–H groups in total. The fourth-order valence-corrected chi connectivity index (χ4v) is 5.27. The largest absolute Gasteiger partial charge is 0.379 e. The average molecular weight is 485 g/mol. The van der Waals surface area contributed by atoms with Gasteiger partial charge in [-0.1, -0.05) is 23.2 Å². The number of fused-ring (bicyclic) bond motifs is 2. The maximum atomic E-state index is 6.41. The Balaban J connectivity index is 1.90. The first-order valence-corrected chi connectivity index (χ1v) is 10.7. The summed E-state index contributed by atoms with van der Waals surface area (Å²) in [5.74, 6) is 0. The minimum Gasteiger partial charge on any atom is -0.379 e. The summed E-state index contributed by atoms with van der Waals surface area (Å²) >= 11 is 13.8. The lowest BCUT2D eigenvalue weighted by Crippen LogP contribution is -2.33. The zero-order valence-corrected chi connectivity index (χ0v) is 18.1. The number of piperidine rings is 1. The number of dihydropyridines is 1. The second-order valence-electron chi connectivity index (χ2n) is 7.06. The molecule has 1 saturated heterocycles. The zero-order valence-electron chi connectivity index (χ0n) is 14.2. The van der Waals surface area contributed by atoms with Gasteiger partial charge in [0.2, 0.25) is 0 Å². The van der Waals surface area contributed by atoms with Crippen LogP contribution in [0.4, 0.5) is 0 Å². The number of hydrogen-bond donors (Lipinski definition) is 1. The van der Waals surface area contributed by atoms with Crippen molar-refractivity contribution in [3.8, 4) is 0 Å². The van der Waals surface area contributed by atoms with Gasteiger partial charge in [-0.05, 0) is 99.0 Å². The third-order valence-corrected chi connectivity index (χ3v) is 7.40. The molecule has 1 fully saturated rings. The van der Waals surface area contributed by atoms with Crippen LogP contribution < -0.4 is 5.32 Å². The molecule has 0 bridgehead atoms. The highest BCUT2D eigenvalue weighted by atomic mass is 79.9. The van der Waals surface area contributed by atoms with Gasteiger partial charge in [0, 0.05) is 28.2 Å². The molecular weight excluding hydrogens is 463 g/mol. The summed E-state index contributed by atoms with van der Waals surface area (Å²) < 4.78 is 2.18. The van der Waals surface area contributed by atoms with Gasteiger partial charge in [0.05, 0.1) is 11.1 Å². The molecule has 1 aromatic carbocycles. The van der Waals surface area contributed by atoms with Gasteiger partial charge < -0.3 is 10.2 Å². The maximum Gasteiger partial charge on any atom is 0.0731 e. The lowest BCUT2D eigenvalue weighted by molar-refractivity contribution is 0.312. The van der Waals surface area contributed by atoms with Crippen LogP contribution in [0, 0.1) is 0 Å². The Labute approximate surface area is 171 Å². The number of benzene rings is 1. The highest BCUT2D eigenvalue weighted by molar-refractivity contribution is 9.12. The Kier molecular flexibility index (Phi) is 5.16. The molecule has 0 radical (unpaired) electrons. The molecule has 0 spiro atoms. The van der Waals surface area contributed by atoms with Gasteiger partial charge in [-0.15, -0.1) is 0 Å². The smallest absolute Gasteiger partial charge is 0.0731 e. The minimum absolute atomic E-state index is 0.272. The fraction of sp³-hybridized carbons (Fsp3) is 0.400. The molecule has 1 unspecified atom stereocenters. The molecular formula is C20H21Br2ClN2. The highest BCUT2D eigenvalue weighted by Gasteiger charge is 2.31. The fourth-order valence-electron chi connectivity index (χ4n) is 4.12. The van der Waals surface area contributed by atoms with E-state index in [1.807, 2.05) is 6.07 Å². The van der Waals surface area contributed by atoms with E-state index < -0.39 is 0 Å². The molecule has 1 atom stereocenters. The van der Waals surface area contributed by atoms with E-state index in [1.165, 1.54) is 22.3 Å². The molecule has 5 heteroatoms. The van der Waals surface area contributed by atoms with Gasteiger partial charge in [-0.25, -0.2) is 0 Å². The number of rotatable bonds is 0. The molecule has 25 heavy (non-hydrogen) atoms. The van der Waals surface area contributed by atoms with E-state index in [4.69, 9.17) is 11.6 Å². The van der Waals surface area contributed by atoms with Crippen molar-refractivity contribution in [2.24, 2.45) is 0 Å². The minimum atomic E-state index is 0.272. The van der Waals surface area contributed by atoms with Crippen LogP contribution in [0.3, 0.4) is 0 Å². The summed E-state index contributed by atoms with van der Waals surface area (Å²) in [5.41, 5.74) is 7.23. The van der Waals surface area contributed by atoms with Crippen molar-refractivity contribution in [1.29, 1.82) is 0 Å². The molecule has 2 heterocycles. The van der Waals surface area contributed by atoms with Crippen molar-refractivity contribution in [2.45, 2.75) is 31.7 Å². The van der Waals surface area contributed by atoms with Crippen LogP contribution in [0.1, 0.15) is 30.4 Å². The van der Waals surface area contributed by atoms with Gasteiger partial charge >= 0.3 is 0 Å². The second-order valence-corrected chi connectivity index (χ2v) is 9.17. The van der Waals surface area contributed by atoms with Gasteiger partial charge in [0.25, 0.3) is 0 Å². The summed E-state index contributed by atoms with van der Waals surface area (Å²) in [4.78, 5) is 2.42. The molecule has 2 nitrogen and oxygen atoms in total. The van der Waals surface area contributed by atoms with Crippen LogP contribution in [0.15, 0.2) is 44.5 Å². The van der Waals surface area contributed by atoms with Crippen molar-refractivity contribution in [1.82, 2.24) is 10.2 Å². The molecule has 2 aliphatic heterocycles. The van der Waals surface area contributed by atoms with E-state index in [9.17, 15) is 0 Å². The summed E-state index contributed by atoms with van der Waals surface area (Å²) in [7, 11) is 2.21. The summed E-state index contributed by atoms with van der Waals surface area (Å²) in [6, 6.07) is 4.53. The van der Waals surface area contributed by atoms with Crippen LogP contribution in [-0.2, 0) is 6.42 Å². The van der Waals surface area contributed by atoms with Crippen LogP contribution >= 0.6 is 43.5 Å². The molecule has 0 amide bonds. The van der Waals surface area contributed by atoms with Gasteiger partial charge in [-0.3, -0.25) is 0 Å². The Hall–Kier alpha value is -0.550. The predicted molar refractivity (Wildman–Crippen MR) is 113 cm³/mol. The highest BCUT2D eigenvalue weighted by Crippen LogP contribution is 2.43. The SMILES string of the molecule is CN1CCC(=C2c3ccc(Cl)c(Br)c3CCC3=CC(Br)=CNC32)CC1. The number of nitrogens with zero attached hydrogens (tertiary/aromatic N) is 1.